The van der Waals surface area contributed by atoms with Crippen molar-refractivity contribution in [1.82, 2.24) is 14.7 Å². The van der Waals surface area contributed by atoms with Gasteiger partial charge < -0.3 is 5.73 Å². The van der Waals surface area contributed by atoms with Gasteiger partial charge in [-0.25, -0.2) is 4.68 Å². The van der Waals surface area contributed by atoms with Crippen molar-refractivity contribution in [3.8, 4) is 5.69 Å². The Morgan fingerprint density at radius 3 is 2.38 bits per heavy atom. The number of hydrogen-bond donors (Lipinski definition) is 1. The third kappa shape index (κ3) is 3.45. The summed E-state index contributed by atoms with van der Waals surface area (Å²) in [5.41, 5.74) is 9.47. The first kappa shape index (κ1) is 14.1. The van der Waals surface area contributed by atoms with Crippen LogP contribution in [0.4, 0.5) is 5.82 Å². The fourth-order valence-electron chi connectivity index (χ4n) is 2.94. The molecule has 1 aromatic heterocycles. The van der Waals surface area contributed by atoms with Gasteiger partial charge >= 0.3 is 0 Å². The fourth-order valence-corrected chi connectivity index (χ4v) is 2.94. The summed E-state index contributed by atoms with van der Waals surface area (Å²) in [5.74, 6) is 0.712. The standard InChI is InChI=1S/C17H24N4/c1-14-6-8-16(9-7-14)21-17(18)12-15(19-21)13-20-10-4-2-3-5-11-20/h6-9,12H,2-5,10-11,13,18H2,1H3. The third-order valence-electron chi connectivity index (χ3n) is 4.15. The van der Waals surface area contributed by atoms with Crippen LogP contribution in [0.1, 0.15) is 36.9 Å². The van der Waals surface area contributed by atoms with E-state index in [0.717, 1.165) is 17.9 Å². The highest BCUT2D eigenvalue weighted by Crippen LogP contribution is 2.18. The summed E-state index contributed by atoms with van der Waals surface area (Å²) < 4.78 is 1.84. The lowest BCUT2D eigenvalue weighted by molar-refractivity contribution is 0.273. The molecule has 0 aliphatic carbocycles. The molecule has 1 aliphatic rings. The molecule has 0 bridgehead atoms. The van der Waals surface area contributed by atoms with Crippen LogP contribution in [0.15, 0.2) is 30.3 Å². The monoisotopic (exact) mass is 284 g/mol. The number of rotatable bonds is 3. The summed E-state index contributed by atoms with van der Waals surface area (Å²) in [7, 11) is 0. The van der Waals surface area contributed by atoms with Gasteiger partial charge in [0.25, 0.3) is 0 Å². The molecule has 112 valence electrons. The van der Waals surface area contributed by atoms with E-state index in [9.17, 15) is 0 Å². The zero-order chi connectivity index (χ0) is 14.7. The van der Waals surface area contributed by atoms with Crippen molar-refractivity contribution in [3.05, 3.63) is 41.6 Å². The van der Waals surface area contributed by atoms with Crippen LogP contribution in [0.2, 0.25) is 0 Å². The first-order valence-corrected chi connectivity index (χ1v) is 7.86. The molecule has 0 atom stereocenters. The summed E-state index contributed by atoms with van der Waals surface area (Å²) in [6.45, 7) is 5.35. The van der Waals surface area contributed by atoms with Crippen LogP contribution in [-0.4, -0.2) is 27.8 Å². The van der Waals surface area contributed by atoms with E-state index in [1.165, 1.54) is 44.3 Å². The zero-order valence-electron chi connectivity index (χ0n) is 12.8. The molecule has 0 amide bonds. The van der Waals surface area contributed by atoms with Gasteiger partial charge in [0.2, 0.25) is 0 Å². The van der Waals surface area contributed by atoms with E-state index in [4.69, 9.17) is 5.73 Å². The van der Waals surface area contributed by atoms with Gasteiger partial charge in [-0.1, -0.05) is 30.5 Å². The van der Waals surface area contributed by atoms with Crippen molar-refractivity contribution in [2.45, 2.75) is 39.2 Å². The molecule has 1 aliphatic heterocycles. The Labute approximate surface area is 126 Å². The van der Waals surface area contributed by atoms with Gasteiger partial charge in [0.05, 0.1) is 11.4 Å². The van der Waals surface area contributed by atoms with Crippen molar-refractivity contribution < 1.29 is 0 Å². The summed E-state index contributed by atoms with van der Waals surface area (Å²) in [5, 5.41) is 4.68. The zero-order valence-corrected chi connectivity index (χ0v) is 12.8. The molecule has 0 spiro atoms. The minimum atomic E-state index is 0.712. The Balaban J connectivity index is 1.75. The number of nitrogens with zero attached hydrogens (tertiary/aromatic N) is 3. The van der Waals surface area contributed by atoms with Gasteiger partial charge in [-0.05, 0) is 45.0 Å². The molecule has 2 aromatic rings. The average Bonchev–Trinajstić information content (AvgIpc) is 2.68. The van der Waals surface area contributed by atoms with E-state index in [0.29, 0.717) is 5.82 Å². The lowest BCUT2D eigenvalue weighted by Crippen LogP contribution is -2.24. The third-order valence-corrected chi connectivity index (χ3v) is 4.15. The first-order chi connectivity index (χ1) is 10.2. The van der Waals surface area contributed by atoms with Crippen LogP contribution in [0.25, 0.3) is 5.69 Å². The number of hydrogen-bond acceptors (Lipinski definition) is 3. The van der Waals surface area contributed by atoms with Crippen LogP contribution >= 0.6 is 0 Å². The Morgan fingerprint density at radius 2 is 1.71 bits per heavy atom. The maximum atomic E-state index is 6.13. The van der Waals surface area contributed by atoms with Crippen LogP contribution in [-0.2, 0) is 6.54 Å². The molecule has 0 saturated carbocycles. The predicted molar refractivity (Wildman–Crippen MR) is 86.5 cm³/mol. The number of anilines is 1. The van der Waals surface area contributed by atoms with Crippen LogP contribution in [0.5, 0.6) is 0 Å². The van der Waals surface area contributed by atoms with Crippen LogP contribution < -0.4 is 5.73 Å². The van der Waals surface area contributed by atoms with Crippen molar-refractivity contribution in [1.29, 1.82) is 0 Å². The number of aromatic nitrogens is 2. The second-order valence-electron chi connectivity index (χ2n) is 6.00. The topological polar surface area (TPSA) is 47.1 Å². The van der Waals surface area contributed by atoms with E-state index < -0.39 is 0 Å². The molecular weight excluding hydrogens is 260 g/mol. The van der Waals surface area contributed by atoms with E-state index in [-0.39, 0.29) is 0 Å². The van der Waals surface area contributed by atoms with E-state index in [1.807, 2.05) is 10.7 Å². The lowest BCUT2D eigenvalue weighted by Gasteiger charge is -2.17. The average molecular weight is 284 g/mol. The van der Waals surface area contributed by atoms with E-state index >= 15 is 0 Å². The molecule has 4 heteroatoms. The minimum absolute atomic E-state index is 0.712. The lowest BCUT2D eigenvalue weighted by atomic mass is 10.2. The SMILES string of the molecule is Cc1ccc(-n2nc(CN3CCCCCC3)cc2N)cc1. The summed E-state index contributed by atoms with van der Waals surface area (Å²) in [6.07, 6.45) is 5.31. The van der Waals surface area contributed by atoms with Crippen molar-refractivity contribution in [2.75, 3.05) is 18.8 Å². The molecule has 1 fully saturated rings. The van der Waals surface area contributed by atoms with E-state index in [1.54, 1.807) is 0 Å². The smallest absolute Gasteiger partial charge is 0.127 e. The normalized spacial score (nSPS) is 16.8. The van der Waals surface area contributed by atoms with Gasteiger partial charge in [-0.15, -0.1) is 0 Å². The van der Waals surface area contributed by atoms with Gasteiger partial charge in [0.1, 0.15) is 5.82 Å². The summed E-state index contributed by atoms with van der Waals surface area (Å²) in [4.78, 5) is 2.49. The highest BCUT2D eigenvalue weighted by molar-refractivity contribution is 5.43. The van der Waals surface area contributed by atoms with Crippen molar-refractivity contribution in [2.24, 2.45) is 0 Å². The predicted octanol–water partition coefficient (Wildman–Crippen LogP) is 3.14. The maximum Gasteiger partial charge on any atom is 0.127 e. The Hall–Kier alpha value is -1.81. The molecule has 1 saturated heterocycles. The second kappa shape index (κ2) is 6.31. The largest absolute Gasteiger partial charge is 0.384 e. The van der Waals surface area contributed by atoms with Crippen LogP contribution in [0, 0.1) is 6.92 Å². The number of benzene rings is 1. The highest BCUT2D eigenvalue weighted by Gasteiger charge is 2.13. The Bertz CT molecular complexity index is 577. The fraction of sp³-hybridized carbons (Fsp3) is 0.471. The highest BCUT2D eigenvalue weighted by atomic mass is 15.3. The number of nitrogens with two attached hydrogens (primary N) is 1. The van der Waals surface area contributed by atoms with Gasteiger partial charge in [-0.2, -0.15) is 5.10 Å². The molecule has 3 rings (SSSR count). The molecule has 1 aromatic carbocycles. The molecule has 0 radical (unpaired) electrons. The van der Waals surface area contributed by atoms with Gasteiger partial charge in [0, 0.05) is 12.6 Å². The number of nitrogen functional groups attached to an aromatic ring is 1. The number of aryl methyl sites for hydroxylation is 1. The van der Waals surface area contributed by atoms with Gasteiger partial charge in [-0.3, -0.25) is 4.90 Å². The number of likely N-dealkylation sites (tertiary alicyclic amines) is 1. The Kier molecular flexibility index (Phi) is 4.25. The van der Waals surface area contributed by atoms with Gasteiger partial charge in [0.15, 0.2) is 0 Å². The molecular formula is C17H24N4. The summed E-state index contributed by atoms with van der Waals surface area (Å²) >= 11 is 0. The molecule has 2 heterocycles. The van der Waals surface area contributed by atoms with Crippen molar-refractivity contribution in [3.63, 3.8) is 0 Å². The molecule has 2 N–H and O–H groups in total. The summed E-state index contributed by atoms with van der Waals surface area (Å²) in [6, 6.07) is 10.3. The Morgan fingerprint density at radius 1 is 1.05 bits per heavy atom. The quantitative estimate of drug-likeness (QED) is 0.942. The molecule has 4 nitrogen and oxygen atoms in total. The first-order valence-electron chi connectivity index (χ1n) is 7.86. The van der Waals surface area contributed by atoms with Crippen molar-refractivity contribution >= 4 is 5.82 Å². The maximum absolute atomic E-state index is 6.13. The molecule has 0 unspecified atom stereocenters. The second-order valence-corrected chi connectivity index (χ2v) is 6.00. The molecule has 21 heavy (non-hydrogen) atoms. The van der Waals surface area contributed by atoms with E-state index in [2.05, 4.69) is 41.2 Å². The minimum Gasteiger partial charge on any atom is -0.384 e. The van der Waals surface area contributed by atoms with Crippen LogP contribution in [0.3, 0.4) is 0 Å².